The molecule has 3 aliphatic heterocycles. The van der Waals surface area contributed by atoms with Gasteiger partial charge in [-0.15, -0.1) is 0 Å². The second-order valence-electron chi connectivity index (χ2n) is 9.65. The highest BCUT2D eigenvalue weighted by Crippen LogP contribution is 2.40. The van der Waals surface area contributed by atoms with Crippen molar-refractivity contribution in [3.8, 4) is 5.75 Å². The normalized spacial score (nSPS) is 23.6. The van der Waals surface area contributed by atoms with Crippen LogP contribution in [0.2, 0.25) is 0 Å². The van der Waals surface area contributed by atoms with Gasteiger partial charge in [0.2, 0.25) is 0 Å². The Balaban J connectivity index is 1.37. The summed E-state index contributed by atoms with van der Waals surface area (Å²) in [5.41, 5.74) is 2.30. The van der Waals surface area contributed by atoms with Crippen LogP contribution in [0.25, 0.3) is 0 Å². The summed E-state index contributed by atoms with van der Waals surface area (Å²) < 4.78 is 7.23. The number of anilines is 2. The molecule has 1 aromatic carbocycles. The average Bonchev–Trinajstić information content (AvgIpc) is 2.81. The van der Waals surface area contributed by atoms with E-state index in [0.29, 0.717) is 23.4 Å². The number of piperidine rings is 2. The number of likely N-dealkylation sites (tertiary alicyclic amines) is 2. The van der Waals surface area contributed by atoms with Crippen LogP contribution in [-0.4, -0.2) is 66.8 Å². The van der Waals surface area contributed by atoms with E-state index in [1.165, 1.54) is 12.8 Å². The number of hydrogen-bond acceptors (Lipinski definition) is 5. The monoisotopic (exact) mass is 451 g/mol. The van der Waals surface area contributed by atoms with Gasteiger partial charge in [0.1, 0.15) is 5.75 Å². The van der Waals surface area contributed by atoms with Crippen molar-refractivity contribution in [2.45, 2.75) is 37.8 Å². The summed E-state index contributed by atoms with van der Waals surface area (Å²) in [6, 6.07) is 10.9. The number of benzene rings is 1. The topological polar surface area (TPSA) is 78.8 Å². The standard InChI is InChI=1S/C25H33N5O3/c1-28-11-9-19(10-12-28)29-14-17-13-18(16-29)24-21(7-8-23(31)30(24)15-17)27-25(32)26-20-5-3-4-6-22(20)33-2/h3-8,17-19H,9-16H2,1-2H3,(H2,26,27,32). The Labute approximate surface area is 194 Å². The minimum Gasteiger partial charge on any atom is -0.495 e. The lowest BCUT2D eigenvalue weighted by Crippen LogP contribution is -2.53. The number of methoxy groups -OCH3 is 1. The van der Waals surface area contributed by atoms with E-state index in [1.54, 1.807) is 31.4 Å². The molecule has 0 saturated carbocycles. The molecule has 8 heteroatoms. The zero-order valence-corrected chi connectivity index (χ0v) is 19.4. The molecular formula is C25H33N5O3. The first kappa shape index (κ1) is 22.0. The van der Waals surface area contributed by atoms with E-state index in [1.807, 2.05) is 16.7 Å². The maximum absolute atomic E-state index is 12.9. The van der Waals surface area contributed by atoms with E-state index in [0.717, 1.165) is 50.5 Å². The Morgan fingerprint density at radius 1 is 1.00 bits per heavy atom. The third-order valence-electron chi connectivity index (χ3n) is 7.43. The zero-order valence-electron chi connectivity index (χ0n) is 19.4. The highest BCUT2D eigenvalue weighted by atomic mass is 16.5. The van der Waals surface area contributed by atoms with Crippen LogP contribution in [0.4, 0.5) is 16.2 Å². The molecule has 2 atom stereocenters. The summed E-state index contributed by atoms with van der Waals surface area (Å²) in [7, 11) is 3.77. The fourth-order valence-corrected chi connectivity index (χ4v) is 5.84. The first-order valence-electron chi connectivity index (χ1n) is 11.9. The highest BCUT2D eigenvalue weighted by molar-refractivity contribution is 6.01. The third-order valence-corrected chi connectivity index (χ3v) is 7.43. The van der Waals surface area contributed by atoms with Crippen LogP contribution in [0.5, 0.6) is 5.75 Å². The van der Waals surface area contributed by atoms with Crippen LogP contribution in [0.1, 0.15) is 30.9 Å². The molecule has 5 rings (SSSR count). The number of carbonyl (C=O) groups excluding carboxylic acids is 1. The second-order valence-corrected chi connectivity index (χ2v) is 9.65. The number of fused-ring (bicyclic) bond motifs is 4. The van der Waals surface area contributed by atoms with Gasteiger partial charge in [-0.2, -0.15) is 0 Å². The van der Waals surface area contributed by atoms with Crippen LogP contribution in [0.3, 0.4) is 0 Å². The van der Waals surface area contributed by atoms with E-state index in [-0.39, 0.29) is 17.5 Å². The van der Waals surface area contributed by atoms with Crippen molar-refractivity contribution in [1.82, 2.24) is 14.4 Å². The van der Waals surface area contributed by atoms with Gasteiger partial charge in [0.25, 0.3) is 5.56 Å². The van der Waals surface area contributed by atoms with E-state index in [2.05, 4.69) is 27.5 Å². The van der Waals surface area contributed by atoms with Crippen molar-refractivity contribution in [2.24, 2.45) is 5.92 Å². The van der Waals surface area contributed by atoms with Gasteiger partial charge in [-0.25, -0.2) is 4.79 Å². The molecule has 0 spiro atoms. The van der Waals surface area contributed by atoms with Crippen LogP contribution >= 0.6 is 0 Å². The number of ether oxygens (including phenoxy) is 1. The Morgan fingerprint density at radius 3 is 2.55 bits per heavy atom. The minimum absolute atomic E-state index is 0.0168. The van der Waals surface area contributed by atoms with Crippen LogP contribution in [0, 0.1) is 5.92 Å². The molecule has 1 aromatic heterocycles. The first-order valence-corrected chi connectivity index (χ1v) is 11.9. The maximum Gasteiger partial charge on any atom is 0.323 e. The quantitative estimate of drug-likeness (QED) is 0.747. The predicted molar refractivity (Wildman–Crippen MR) is 129 cm³/mol. The van der Waals surface area contributed by atoms with E-state index >= 15 is 0 Å². The fourth-order valence-electron chi connectivity index (χ4n) is 5.84. The average molecular weight is 452 g/mol. The van der Waals surface area contributed by atoms with Gasteiger partial charge in [0.15, 0.2) is 0 Å². The molecule has 2 aromatic rings. The Hall–Kier alpha value is -2.84. The Kier molecular flexibility index (Phi) is 6.12. The molecule has 2 unspecified atom stereocenters. The SMILES string of the molecule is COc1ccccc1NC(=O)Nc1ccc(=O)n2c1C1CC(CN(C3CCN(C)CC3)C1)C2. The molecular weight excluding hydrogens is 418 g/mol. The smallest absolute Gasteiger partial charge is 0.323 e. The van der Waals surface area contributed by atoms with Crippen molar-refractivity contribution < 1.29 is 9.53 Å². The number of pyridine rings is 1. The highest BCUT2D eigenvalue weighted by Gasteiger charge is 2.39. The van der Waals surface area contributed by atoms with Crippen molar-refractivity contribution in [3.05, 3.63) is 52.4 Å². The van der Waals surface area contributed by atoms with Gasteiger partial charge in [0, 0.05) is 43.4 Å². The lowest BCUT2D eigenvalue weighted by molar-refractivity contribution is 0.0519. The summed E-state index contributed by atoms with van der Waals surface area (Å²) in [6.45, 7) is 5.00. The van der Waals surface area contributed by atoms with Crippen molar-refractivity contribution >= 4 is 17.4 Å². The number of hydrogen-bond donors (Lipinski definition) is 2. The molecule has 2 fully saturated rings. The van der Waals surface area contributed by atoms with E-state index < -0.39 is 0 Å². The number of amides is 2. The first-order chi connectivity index (χ1) is 16.0. The van der Waals surface area contributed by atoms with Gasteiger partial charge in [0.05, 0.1) is 18.5 Å². The van der Waals surface area contributed by atoms with Gasteiger partial charge >= 0.3 is 6.03 Å². The molecule has 176 valence electrons. The maximum atomic E-state index is 12.9. The van der Waals surface area contributed by atoms with Crippen molar-refractivity contribution in [2.75, 3.05) is 51.0 Å². The van der Waals surface area contributed by atoms with E-state index in [4.69, 9.17) is 4.74 Å². The number of aromatic nitrogens is 1. The summed E-state index contributed by atoms with van der Waals surface area (Å²) >= 11 is 0. The molecule has 3 aliphatic rings. The van der Waals surface area contributed by atoms with Gasteiger partial charge in [-0.3, -0.25) is 9.69 Å². The number of nitrogens with one attached hydrogen (secondary N) is 2. The minimum atomic E-state index is -0.342. The fraction of sp³-hybridized carbons (Fsp3) is 0.520. The molecule has 0 radical (unpaired) electrons. The largest absolute Gasteiger partial charge is 0.495 e. The molecule has 2 N–H and O–H groups in total. The molecule has 2 saturated heterocycles. The molecule has 8 nitrogen and oxygen atoms in total. The van der Waals surface area contributed by atoms with E-state index in [9.17, 15) is 9.59 Å². The lowest BCUT2D eigenvalue weighted by atomic mass is 9.81. The Bertz CT molecular complexity index is 1080. The molecule has 2 amide bonds. The number of carbonyl (C=O) groups is 1. The van der Waals surface area contributed by atoms with Crippen LogP contribution in [-0.2, 0) is 6.54 Å². The lowest BCUT2D eigenvalue weighted by Gasteiger charge is -2.47. The molecule has 33 heavy (non-hydrogen) atoms. The zero-order chi connectivity index (χ0) is 22.9. The number of para-hydroxylation sites is 2. The van der Waals surface area contributed by atoms with Crippen molar-refractivity contribution in [3.63, 3.8) is 0 Å². The molecule has 2 bridgehead atoms. The number of nitrogens with zero attached hydrogens (tertiary/aromatic N) is 3. The van der Waals surface area contributed by atoms with Crippen LogP contribution in [0.15, 0.2) is 41.2 Å². The number of urea groups is 1. The van der Waals surface area contributed by atoms with Gasteiger partial charge < -0.3 is 24.8 Å². The Morgan fingerprint density at radius 2 is 1.76 bits per heavy atom. The van der Waals surface area contributed by atoms with Crippen molar-refractivity contribution in [1.29, 1.82) is 0 Å². The molecule has 0 aliphatic carbocycles. The number of rotatable bonds is 4. The summed E-state index contributed by atoms with van der Waals surface area (Å²) in [4.78, 5) is 30.6. The summed E-state index contributed by atoms with van der Waals surface area (Å²) in [5, 5.41) is 5.88. The third kappa shape index (κ3) is 4.50. The summed E-state index contributed by atoms with van der Waals surface area (Å²) in [6.07, 6.45) is 3.46. The molecule has 4 heterocycles. The predicted octanol–water partition coefficient (Wildman–Crippen LogP) is 3.01. The van der Waals surface area contributed by atoms with Gasteiger partial charge in [-0.05, 0) is 63.5 Å². The van der Waals surface area contributed by atoms with Crippen LogP contribution < -0.4 is 20.9 Å². The second kappa shape index (κ2) is 9.19. The summed E-state index contributed by atoms with van der Waals surface area (Å²) in [5.74, 6) is 1.32. The van der Waals surface area contributed by atoms with Gasteiger partial charge in [-0.1, -0.05) is 12.1 Å².